The van der Waals surface area contributed by atoms with Crippen LogP contribution in [0.2, 0.25) is 0 Å². The van der Waals surface area contributed by atoms with Gasteiger partial charge in [-0.3, -0.25) is 0 Å². The molecule has 0 radical (unpaired) electrons. The van der Waals surface area contributed by atoms with Gasteiger partial charge >= 0.3 is 0 Å². The summed E-state index contributed by atoms with van der Waals surface area (Å²) in [7, 11) is 0. The van der Waals surface area contributed by atoms with Crippen molar-refractivity contribution in [3.8, 4) is 0 Å². The highest BCUT2D eigenvalue weighted by molar-refractivity contribution is 9.10. The molecule has 18 heavy (non-hydrogen) atoms. The van der Waals surface area contributed by atoms with Crippen molar-refractivity contribution in [1.82, 2.24) is 0 Å². The minimum Gasteiger partial charge on any atom is -0.388 e. The Balaban J connectivity index is 2.04. The summed E-state index contributed by atoms with van der Waals surface area (Å²) in [5.41, 5.74) is 3.41. The van der Waals surface area contributed by atoms with Gasteiger partial charge in [-0.2, -0.15) is 0 Å². The Labute approximate surface area is 117 Å². The molecule has 0 saturated heterocycles. The summed E-state index contributed by atoms with van der Waals surface area (Å²) in [6.07, 6.45) is 1.25. The maximum atomic E-state index is 10.3. The Morgan fingerprint density at radius 2 is 1.78 bits per heavy atom. The highest BCUT2D eigenvalue weighted by Crippen LogP contribution is 2.27. The van der Waals surface area contributed by atoms with E-state index in [0.717, 1.165) is 28.4 Å². The number of halogens is 1. The summed E-state index contributed by atoms with van der Waals surface area (Å²) in [5, 5.41) is 10.3. The fourth-order valence-corrected chi connectivity index (χ4v) is 2.47. The van der Waals surface area contributed by atoms with E-state index in [1.807, 2.05) is 43.3 Å². The molecular formula is C16H17BrO. The molecule has 0 spiro atoms. The maximum Gasteiger partial charge on any atom is 0.0796 e. The van der Waals surface area contributed by atoms with Gasteiger partial charge in [0.05, 0.1) is 6.10 Å². The summed E-state index contributed by atoms with van der Waals surface area (Å²) < 4.78 is 1.05. The largest absolute Gasteiger partial charge is 0.388 e. The van der Waals surface area contributed by atoms with Crippen LogP contribution >= 0.6 is 15.9 Å². The van der Waals surface area contributed by atoms with Crippen LogP contribution in [-0.2, 0) is 6.42 Å². The molecule has 2 aromatic rings. The molecule has 0 fully saturated rings. The molecule has 0 saturated carbocycles. The molecule has 2 rings (SSSR count). The van der Waals surface area contributed by atoms with Crippen LogP contribution < -0.4 is 0 Å². The van der Waals surface area contributed by atoms with Crippen molar-refractivity contribution in [2.75, 3.05) is 0 Å². The molecule has 0 aliphatic rings. The van der Waals surface area contributed by atoms with Crippen LogP contribution in [0.5, 0.6) is 0 Å². The molecule has 0 heterocycles. The predicted molar refractivity (Wildman–Crippen MR) is 78.6 cm³/mol. The first-order valence-corrected chi connectivity index (χ1v) is 6.95. The van der Waals surface area contributed by atoms with E-state index >= 15 is 0 Å². The molecule has 2 aromatic carbocycles. The van der Waals surface area contributed by atoms with Gasteiger partial charge in [-0.05, 0) is 42.5 Å². The minimum atomic E-state index is -0.400. The lowest BCUT2D eigenvalue weighted by Gasteiger charge is -2.14. The molecule has 0 bridgehead atoms. The Kier molecular flexibility index (Phi) is 4.56. The van der Waals surface area contributed by atoms with Crippen LogP contribution in [0, 0.1) is 6.92 Å². The first-order valence-electron chi connectivity index (χ1n) is 6.15. The van der Waals surface area contributed by atoms with Gasteiger partial charge in [0.2, 0.25) is 0 Å². The lowest BCUT2D eigenvalue weighted by atomic mass is 9.98. The molecule has 94 valence electrons. The predicted octanol–water partition coefficient (Wildman–Crippen LogP) is 4.42. The zero-order valence-electron chi connectivity index (χ0n) is 10.4. The van der Waals surface area contributed by atoms with Crippen molar-refractivity contribution in [2.45, 2.75) is 25.9 Å². The van der Waals surface area contributed by atoms with Crippen LogP contribution in [0.25, 0.3) is 0 Å². The van der Waals surface area contributed by atoms with Crippen molar-refractivity contribution >= 4 is 15.9 Å². The number of rotatable bonds is 4. The monoisotopic (exact) mass is 304 g/mol. The Hall–Kier alpha value is -1.12. The molecular weight excluding hydrogens is 288 g/mol. The van der Waals surface area contributed by atoms with Crippen molar-refractivity contribution in [3.05, 3.63) is 69.7 Å². The smallest absolute Gasteiger partial charge is 0.0796 e. The zero-order chi connectivity index (χ0) is 13.0. The van der Waals surface area contributed by atoms with Gasteiger partial charge in [0.25, 0.3) is 0 Å². The fourth-order valence-electron chi connectivity index (χ4n) is 2.09. The number of benzene rings is 2. The molecule has 0 aliphatic heterocycles. The maximum absolute atomic E-state index is 10.3. The Morgan fingerprint density at radius 3 is 2.50 bits per heavy atom. The first kappa shape index (κ1) is 13.3. The summed E-state index contributed by atoms with van der Waals surface area (Å²) >= 11 is 3.50. The van der Waals surface area contributed by atoms with E-state index in [4.69, 9.17) is 0 Å². The summed E-state index contributed by atoms with van der Waals surface area (Å²) in [5.74, 6) is 0. The van der Waals surface area contributed by atoms with E-state index in [2.05, 4.69) is 28.1 Å². The molecule has 0 aromatic heterocycles. The third-order valence-corrected chi connectivity index (χ3v) is 4.08. The van der Waals surface area contributed by atoms with Gasteiger partial charge in [0, 0.05) is 4.47 Å². The third-order valence-electron chi connectivity index (χ3n) is 3.22. The van der Waals surface area contributed by atoms with Crippen LogP contribution in [0.3, 0.4) is 0 Å². The molecule has 2 heteroatoms. The summed E-state index contributed by atoms with van der Waals surface area (Å²) in [6, 6.07) is 16.2. The summed E-state index contributed by atoms with van der Waals surface area (Å²) in [4.78, 5) is 0. The van der Waals surface area contributed by atoms with Gasteiger partial charge in [-0.25, -0.2) is 0 Å². The van der Waals surface area contributed by atoms with Crippen molar-refractivity contribution < 1.29 is 5.11 Å². The lowest BCUT2D eigenvalue weighted by molar-refractivity contribution is 0.167. The van der Waals surface area contributed by atoms with E-state index in [0.29, 0.717) is 0 Å². The Morgan fingerprint density at radius 1 is 1.06 bits per heavy atom. The van der Waals surface area contributed by atoms with Gasteiger partial charge in [0.15, 0.2) is 0 Å². The van der Waals surface area contributed by atoms with Crippen LogP contribution in [0.15, 0.2) is 53.0 Å². The zero-order valence-corrected chi connectivity index (χ0v) is 12.0. The average Bonchev–Trinajstić information content (AvgIpc) is 2.40. The van der Waals surface area contributed by atoms with Crippen LogP contribution in [-0.4, -0.2) is 5.11 Å². The molecule has 0 amide bonds. The van der Waals surface area contributed by atoms with Crippen molar-refractivity contribution in [3.63, 3.8) is 0 Å². The van der Waals surface area contributed by atoms with E-state index in [9.17, 15) is 5.11 Å². The van der Waals surface area contributed by atoms with E-state index in [-0.39, 0.29) is 0 Å². The highest BCUT2D eigenvalue weighted by atomic mass is 79.9. The molecule has 1 atom stereocenters. The second kappa shape index (κ2) is 6.17. The minimum absolute atomic E-state index is 0.400. The van der Waals surface area contributed by atoms with Crippen molar-refractivity contribution in [1.29, 1.82) is 0 Å². The number of aryl methyl sites for hydroxylation is 1. The van der Waals surface area contributed by atoms with Gasteiger partial charge in [-0.15, -0.1) is 0 Å². The molecule has 1 nitrogen and oxygen atoms in total. The number of aliphatic hydroxyl groups excluding tert-OH is 1. The van der Waals surface area contributed by atoms with Crippen molar-refractivity contribution in [2.24, 2.45) is 0 Å². The fraction of sp³-hybridized carbons (Fsp3) is 0.250. The third kappa shape index (κ3) is 3.21. The Bertz CT molecular complexity index is 508. The number of aliphatic hydroxyl groups is 1. The second-order valence-electron chi connectivity index (χ2n) is 4.49. The SMILES string of the molecule is Cc1c(Br)cccc1C(O)CCc1ccccc1. The van der Waals surface area contributed by atoms with Crippen LogP contribution in [0.4, 0.5) is 0 Å². The van der Waals surface area contributed by atoms with E-state index < -0.39 is 6.10 Å². The van der Waals surface area contributed by atoms with E-state index in [1.54, 1.807) is 0 Å². The van der Waals surface area contributed by atoms with Gasteiger partial charge in [0.1, 0.15) is 0 Å². The average molecular weight is 305 g/mol. The normalized spacial score (nSPS) is 12.4. The standard InChI is InChI=1S/C16H17BrO/c1-12-14(8-5-9-15(12)17)16(18)11-10-13-6-3-2-4-7-13/h2-9,16,18H,10-11H2,1H3. The topological polar surface area (TPSA) is 20.2 Å². The van der Waals surface area contributed by atoms with Gasteiger partial charge < -0.3 is 5.11 Å². The quantitative estimate of drug-likeness (QED) is 0.886. The first-order chi connectivity index (χ1) is 8.68. The van der Waals surface area contributed by atoms with E-state index in [1.165, 1.54) is 5.56 Å². The molecule has 1 unspecified atom stereocenters. The molecule has 0 aliphatic carbocycles. The highest BCUT2D eigenvalue weighted by Gasteiger charge is 2.11. The lowest BCUT2D eigenvalue weighted by Crippen LogP contribution is -2.02. The molecule has 1 N–H and O–H groups in total. The number of hydrogen-bond donors (Lipinski definition) is 1. The second-order valence-corrected chi connectivity index (χ2v) is 5.35. The van der Waals surface area contributed by atoms with Gasteiger partial charge in [-0.1, -0.05) is 58.4 Å². The van der Waals surface area contributed by atoms with Crippen LogP contribution in [0.1, 0.15) is 29.2 Å². The number of hydrogen-bond acceptors (Lipinski definition) is 1. The summed E-state index contributed by atoms with van der Waals surface area (Å²) in [6.45, 7) is 2.03.